The van der Waals surface area contributed by atoms with Gasteiger partial charge in [-0.25, -0.2) is 8.42 Å². The molecule has 0 N–H and O–H groups in total. The van der Waals surface area contributed by atoms with Gasteiger partial charge in [0.05, 0.1) is 21.2 Å². The van der Waals surface area contributed by atoms with Crippen molar-refractivity contribution in [2.45, 2.75) is 54.8 Å². The molecule has 2 unspecified atom stereocenters. The number of carbonyl (C=O) groups excluding carboxylic acids is 1. The number of carbonyl (C=O) groups is 1. The van der Waals surface area contributed by atoms with Crippen LogP contribution in [0.2, 0.25) is 0 Å². The van der Waals surface area contributed by atoms with Crippen LogP contribution in [0.25, 0.3) is 10.9 Å². The van der Waals surface area contributed by atoms with E-state index in [0.717, 1.165) is 29.4 Å². The van der Waals surface area contributed by atoms with Crippen LogP contribution in [-0.2, 0) is 9.84 Å². The van der Waals surface area contributed by atoms with Crippen LogP contribution in [0.15, 0.2) is 65.6 Å². The van der Waals surface area contributed by atoms with Gasteiger partial charge in [0.15, 0.2) is 9.84 Å². The van der Waals surface area contributed by atoms with Crippen LogP contribution in [0.5, 0.6) is 0 Å². The lowest BCUT2D eigenvalue weighted by Gasteiger charge is -2.38. The van der Waals surface area contributed by atoms with Crippen LogP contribution in [0.4, 0.5) is 0 Å². The van der Waals surface area contributed by atoms with Crippen molar-refractivity contribution in [1.82, 2.24) is 9.88 Å². The number of rotatable bonds is 3. The van der Waals surface area contributed by atoms with Gasteiger partial charge in [-0.05, 0) is 56.9 Å². The van der Waals surface area contributed by atoms with Crippen LogP contribution in [0, 0.1) is 6.92 Å². The van der Waals surface area contributed by atoms with Crippen molar-refractivity contribution in [3.05, 3.63) is 71.9 Å². The lowest BCUT2D eigenvalue weighted by Crippen LogP contribution is -2.49. The fourth-order valence-electron chi connectivity index (χ4n) is 5.07. The van der Waals surface area contributed by atoms with E-state index in [-0.39, 0.29) is 18.0 Å². The van der Waals surface area contributed by atoms with Gasteiger partial charge in [-0.3, -0.25) is 9.78 Å². The third kappa shape index (κ3) is 3.10. The highest BCUT2D eigenvalue weighted by Gasteiger charge is 2.47. The molecule has 2 bridgehead atoms. The highest BCUT2D eigenvalue weighted by atomic mass is 32.2. The lowest BCUT2D eigenvalue weighted by atomic mass is 10.00. The Morgan fingerprint density at radius 1 is 0.933 bits per heavy atom. The van der Waals surface area contributed by atoms with Gasteiger partial charge >= 0.3 is 0 Å². The summed E-state index contributed by atoms with van der Waals surface area (Å²) in [7, 11) is -3.39. The Labute approximate surface area is 176 Å². The number of benzene rings is 2. The minimum Gasteiger partial charge on any atom is -0.333 e. The molecule has 2 fully saturated rings. The minimum absolute atomic E-state index is 0.0261. The zero-order valence-corrected chi connectivity index (χ0v) is 17.7. The maximum Gasteiger partial charge on any atom is 0.256 e. The summed E-state index contributed by atoms with van der Waals surface area (Å²) >= 11 is 0. The molecule has 30 heavy (non-hydrogen) atoms. The predicted molar refractivity (Wildman–Crippen MR) is 116 cm³/mol. The van der Waals surface area contributed by atoms with E-state index in [9.17, 15) is 13.2 Å². The number of para-hydroxylation sites is 1. The number of nitrogens with zero attached hydrogens (tertiary/aromatic N) is 2. The zero-order chi connectivity index (χ0) is 20.9. The van der Waals surface area contributed by atoms with Crippen molar-refractivity contribution in [3.8, 4) is 0 Å². The molecule has 0 spiro atoms. The molecule has 154 valence electrons. The molecular formula is C24H24N2O3S. The summed E-state index contributed by atoms with van der Waals surface area (Å²) < 4.78 is 26.3. The molecule has 1 aromatic heterocycles. The van der Waals surface area contributed by atoms with Crippen LogP contribution in [0.3, 0.4) is 0 Å². The van der Waals surface area contributed by atoms with E-state index >= 15 is 0 Å². The van der Waals surface area contributed by atoms with E-state index in [1.807, 2.05) is 48.2 Å². The number of pyridine rings is 1. The Balaban J connectivity index is 1.45. The standard InChI is InChI=1S/C24H24N2O3S/c1-16-10-11-17-6-5-9-22(23(17)25-16)24(27)26-18-12-13-19(26)15-21(14-18)30(28,29)20-7-3-2-4-8-20/h2-11,18-19,21H,12-15H2,1H3. The molecule has 0 radical (unpaired) electrons. The maximum absolute atomic E-state index is 13.5. The second-order valence-corrected chi connectivity index (χ2v) is 10.6. The van der Waals surface area contributed by atoms with Crippen molar-refractivity contribution >= 4 is 26.6 Å². The van der Waals surface area contributed by atoms with Crippen molar-refractivity contribution in [1.29, 1.82) is 0 Å². The van der Waals surface area contributed by atoms with Gasteiger partial charge in [0, 0.05) is 23.2 Å². The fraction of sp³-hybridized carbons (Fsp3) is 0.333. The van der Waals surface area contributed by atoms with Crippen molar-refractivity contribution < 1.29 is 13.2 Å². The second kappa shape index (κ2) is 7.20. The molecule has 3 heterocycles. The summed E-state index contributed by atoms with van der Waals surface area (Å²) in [5.41, 5.74) is 2.21. The molecule has 2 aromatic carbocycles. The molecule has 0 aliphatic carbocycles. The van der Waals surface area contributed by atoms with Crippen LogP contribution >= 0.6 is 0 Å². The molecule has 2 aliphatic heterocycles. The number of aryl methyl sites for hydroxylation is 1. The molecule has 5 rings (SSSR count). The van der Waals surface area contributed by atoms with Gasteiger partial charge in [-0.1, -0.05) is 36.4 Å². The smallest absolute Gasteiger partial charge is 0.256 e. The molecular weight excluding hydrogens is 396 g/mol. The minimum atomic E-state index is -3.39. The highest BCUT2D eigenvalue weighted by Crippen LogP contribution is 2.41. The number of hydrogen-bond donors (Lipinski definition) is 0. The number of hydrogen-bond acceptors (Lipinski definition) is 4. The van der Waals surface area contributed by atoms with E-state index in [1.165, 1.54) is 0 Å². The van der Waals surface area contributed by atoms with E-state index in [1.54, 1.807) is 24.3 Å². The summed E-state index contributed by atoms with van der Waals surface area (Å²) in [6, 6.07) is 18.2. The molecule has 2 saturated heterocycles. The Morgan fingerprint density at radius 2 is 1.63 bits per heavy atom. The van der Waals surface area contributed by atoms with Gasteiger partial charge in [0.2, 0.25) is 0 Å². The maximum atomic E-state index is 13.5. The van der Waals surface area contributed by atoms with E-state index < -0.39 is 15.1 Å². The highest BCUT2D eigenvalue weighted by molar-refractivity contribution is 7.92. The van der Waals surface area contributed by atoms with Crippen LogP contribution in [-0.4, -0.2) is 41.5 Å². The van der Waals surface area contributed by atoms with Gasteiger partial charge in [0.25, 0.3) is 5.91 Å². The monoisotopic (exact) mass is 420 g/mol. The molecule has 2 aliphatic rings. The number of sulfone groups is 1. The topological polar surface area (TPSA) is 67.3 Å². The van der Waals surface area contributed by atoms with Crippen LogP contribution < -0.4 is 0 Å². The molecule has 3 aromatic rings. The first-order chi connectivity index (χ1) is 14.4. The average molecular weight is 421 g/mol. The van der Waals surface area contributed by atoms with Crippen molar-refractivity contribution in [2.24, 2.45) is 0 Å². The summed E-state index contributed by atoms with van der Waals surface area (Å²) in [6.45, 7) is 1.92. The first kappa shape index (κ1) is 19.2. The van der Waals surface area contributed by atoms with Gasteiger partial charge in [-0.15, -0.1) is 0 Å². The summed E-state index contributed by atoms with van der Waals surface area (Å²) in [6.07, 6.45) is 2.70. The summed E-state index contributed by atoms with van der Waals surface area (Å²) in [5, 5.41) is 0.509. The SMILES string of the molecule is Cc1ccc2cccc(C(=O)N3C4CCC3CC(S(=O)(=O)c3ccccc3)C4)c2n1. The van der Waals surface area contributed by atoms with Crippen molar-refractivity contribution in [2.75, 3.05) is 0 Å². The quantitative estimate of drug-likeness (QED) is 0.638. The summed E-state index contributed by atoms with van der Waals surface area (Å²) in [5.74, 6) is -0.0261. The van der Waals surface area contributed by atoms with E-state index in [4.69, 9.17) is 0 Å². The first-order valence-corrected chi connectivity index (χ1v) is 12.0. The number of fused-ring (bicyclic) bond motifs is 3. The van der Waals surface area contributed by atoms with Gasteiger partial charge < -0.3 is 4.90 Å². The largest absolute Gasteiger partial charge is 0.333 e. The number of aromatic nitrogens is 1. The number of piperidine rings is 1. The normalized spacial score (nSPS) is 23.6. The molecule has 2 atom stereocenters. The second-order valence-electron chi connectivity index (χ2n) is 8.38. The predicted octanol–water partition coefficient (Wildman–Crippen LogP) is 4.15. The Hall–Kier alpha value is -2.73. The Morgan fingerprint density at radius 3 is 2.33 bits per heavy atom. The Bertz CT molecular complexity index is 1210. The van der Waals surface area contributed by atoms with Gasteiger partial charge in [0.1, 0.15) is 0 Å². The zero-order valence-electron chi connectivity index (χ0n) is 16.9. The molecule has 1 amide bonds. The van der Waals surface area contributed by atoms with Crippen LogP contribution in [0.1, 0.15) is 41.7 Å². The third-order valence-corrected chi connectivity index (χ3v) is 8.72. The first-order valence-electron chi connectivity index (χ1n) is 10.4. The fourth-order valence-corrected chi connectivity index (χ4v) is 6.94. The molecule has 0 saturated carbocycles. The molecule has 6 heteroatoms. The average Bonchev–Trinajstić information content (AvgIpc) is 3.02. The van der Waals surface area contributed by atoms with E-state index in [0.29, 0.717) is 23.3 Å². The summed E-state index contributed by atoms with van der Waals surface area (Å²) in [4.78, 5) is 20.5. The van der Waals surface area contributed by atoms with Gasteiger partial charge in [-0.2, -0.15) is 0 Å². The lowest BCUT2D eigenvalue weighted by molar-refractivity contribution is 0.0600. The third-order valence-electron chi connectivity index (χ3n) is 6.52. The van der Waals surface area contributed by atoms with Crippen molar-refractivity contribution in [3.63, 3.8) is 0 Å². The number of amides is 1. The van der Waals surface area contributed by atoms with E-state index in [2.05, 4.69) is 4.98 Å². The Kier molecular flexibility index (Phi) is 4.62. The molecule has 5 nitrogen and oxygen atoms in total.